The second-order valence-corrected chi connectivity index (χ2v) is 7.62. The molecule has 1 atom stereocenters. The molecule has 0 rings (SSSR count). The molecule has 56 valence electrons. The van der Waals surface area contributed by atoms with Gasteiger partial charge in [-0.15, -0.1) is 11.4 Å². The average molecular weight is 208 g/mol. The van der Waals surface area contributed by atoms with E-state index in [0.29, 0.717) is 6.61 Å². The van der Waals surface area contributed by atoms with Crippen molar-refractivity contribution < 1.29 is 39.0 Å². The smallest absolute Gasteiger partial charge is 0.793 e. The minimum Gasteiger partial charge on any atom is -0.793 e. The van der Waals surface area contributed by atoms with Crippen molar-refractivity contribution in [3.8, 4) is 0 Å². The third-order valence-electron chi connectivity index (χ3n) is 0.574. The van der Waals surface area contributed by atoms with Crippen LogP contribution >= 0.6 is 17.1 Å². The molecule has 0 saturated heterocycles. The first-order chi connectivity index (χ1) is 4.12. The maximum atomic E-state index is 11.0. The van der Waals surface area contributed by atoms with Gasteiger partial charge in [-0.3, -0.25) is 0 Å². The fraction of sp³-hybridized carbons (Fsp3) is 1.00. The summed E-state index contributed by atoms with van der Waals surface area (Å²) in [5, 5.41) is 0. The van der Waals surface area contributed by atoms with Crippen molar-refractivity contribution in [2.24, 2.45) is 0 Å². The van der Waals surface area contributed by atoms with E-state index in [9.17, 15) is 4.89 Å². The van der Waals surface area contributed by atoms with Crippen molar-refractivity contribution in [2.45, 2.75) is 13.8 Å². The van der Waals surface area contributed by atoms with Crippen LogP contribution in [0.2, 0.25) is 0 Å². The molecule has 0 radical (unpaired) electrons. The van der Waals surface area contributed by atoms with Crippen LogP contribution in [0.25, 0.3) is 0 Å². The molecule has 0 aromatic carbocycles. The van der Waals surface area contributed by atoms with Gasteiger partial charge in [0.1, 0.15) is 0 Å². The van der Waals surface area contributed by atoms with E-state index in [-0.39, 0.29) is 29.6 Å². The average Bonchev–Trinajstić information content (AvgIpc) is 1.64. The van der Waals surface area contributed by atoms with Gasteiger partial charge < -0.3 is 9.42 Å². The largest absolute Gasteiger partial charge is 1.00 e. The number of rotatable bonds is 4. The van der Waals surface area contributed by atoms with Crippen molar-refractivity contribution in [1.82, 2.24) is 0 Å². The van der Waals surface area contributed by atoms with Crippen molar-refractivity contribution in [2.75, 3.05) is 12.4 Å². The van der Waals surface area contributed by atoms with Crippen LogP contribution in [-0.2, 0) is 16.3 Å². The molecule has 0 N–H and O–H groups in total. The van der Waals surface area contributed by atoms with Crippen LogP contribution in [0, 0.1) is 0 Å². The summed E-state index contributed by atoms with van der Waals surface area (Å²) in [6.45, 7) is 4.13. The molecule has 0 fully saturated rings. The molecular weight excluding hydrogens is 198 g/mol. The standard InChI is InChI=1S/C4H11O2PS2.Na/c1-3-6-7(5,8)9-4-2;/h3-4H2,1-2H3,(H,5,8);/q;+1/p-1. The SMILES string of the molecule is CCOP([O-])(=S)SCC.[Na+]. The Morgan fingerprint density at radius 1 is 1.60 bits per heavy atom. The summed E-state index contributed by atoms with van der Waals surface area (Å²) in [7, 11) is 0. The molecule has 1 unspecified atom stereocenters. The molecule has 2 nitrogen and oxygen atoms in total. The summed E-state index contributed by atoms with van der Waals surface area (Å²) in [6, 6.07) is 0. The third-order valence-corrected chi connectivity index (χ3v) is 5.03. The zero-order valence-electron chi connectivity index (χ0n) is 6.49. The molecule has 0 aliphatic heterocycles. The first-order valence-corrected chi connectivity index (χ1v) is 6.95. The van der Waals surface area contributed by atoms with Crippen molar-refractivity contribution in [3.05, 3.63) is 0 Å². The van der Waals surface area contributed by atoms with Gasteiger partial charge in [0.15, 0.2) is 0 Å². The van der Waals surface area contributed by atoms with E-state index in [1.165, 1.54) is 11.4 Å². The van der Waals surface area contributed by atoms with E-state index < -0.39 is 5.69 Å². The number of hydrogen-bond acceptors (Lipinski definition) is 4. The Kier molecular flexibility index (Phi) is 10.9. The molecule has 0 spiro atoms. The molecule has 0 bridgehead atoms. The van der Waals surface area contributed by atoms with Crippen LogP contribution in [0.3, 0.4) is 0 Å². The quantitative estimate of drug-likeness (QED) is 0.410. The number of hydrogen-bond donors (Lipinski definition) is 0. The summed E-state index contributed by atoms with van der Waals surface area (Å²) in [5.41, 5.74) is -2.69. The van der Waals surface area contributed by atoms with Gasteiger partial charge in [-0.05, 0) is 12.7 Å². The van der Waals surface area contributed by atoms with Gasteiger partial charge >= 0.3 is 29.6 Å². The van der Waals surface area contributed by atoms with E-state index in [4.69, 9.17) is 4.52 Å². The van der Waals surface area contributed by atoms with Gasteiger partial charge in [0.25, 0.3) is 0 Å². The second-order valence-electron chi connectivity index (χ2n) is 1.28. The molecular formula is C4H10NaO2PS2. The van der Waals surface area contributed by atoms with Crippen LogP contribution in [0.5, 0.6) is 0 Å². The van der Waals surface area contributed by atoms with Crippen LogP contribution in [-0.4, -0.2) is 12.4 Å². The minimum absolute atomic E-state index is 0. The van der Waals surface area contributed by atoms with E-state index >= 15 is 0 Å². The van der Waals surface area contributed by atoms with Gasteiger partial charge in [0.2, 0.25) is 0 Å². The normalized spacial score (nSPS) is 15.5. The van der Waals surface area contributed by atoms with E-state index in [0.717, 1.165) is 5.75 Å². The molecule has 0 amide bonds. The molecule has 0 aromatic rings. The van der Waals surface area contributed by atoms with Crippen molar-refractivity contribution in [1.29, 1.82) is 0 Å². The van der Waals surface area contributed by atoms with Crippen LogP contribution < -0.4 is 34.5 Å². The molecule has 0 aliphatic carbocycles. The Labute approximate surface area is 93.3 Å². The Bertz CT molecular complexity index is 112. The van der Waals surface area contributed by atoms with Gasteiger partial charge in [-0.25, -0.2) is 0 Å². The summed E-state index contributed by atoms with van der Waals surface area (Å²) >= 11 is 5.84. The van der Waals surface area contributed by atoms with Gasteiger partial charge in [-0.2, -0.15) is 0 Å². The first kappa shape index (κ1) is 14.4. The molecule has 10 heavy (non-hydrogen) atoms. The molecule has 0 aliphatic rings. The Morgan fingerprint density at radius 3 is 2.40 bits per heavy atom. The predicted octanol–water partition coefficient (Wildman–Crippen LogP) is -1.64. The summed E-state index contributed by atoms with van der Waals surface area (Å²) in [4.78, 5) is 11.0. The van der Waals surface area contributed by atoms with Crippen molar-refractivity contribution in [3.63, 3.8) is 0 Å². The zero-order chi connectivity index (χ0) is 7.33. The maximum absolute atomic E-state index is 11.0. The van der Waals surface area contributed by atoms with Gasteiger partial charge in [-0.1, -0.05) is 18.7 Å². The van der Waals surface area contributed by atoms with Gasteiger partial charge in [0, 0.05) is 12.3 Å². The van der Waals surface area contributed by atoms with Crippen LogP contribution in [0.4, 0.5) is 0 Å². The Hall–Kier alpha value is 1.92. The summed E-state index contributed by atoms with van der Waals surface area (Å²) in [5.74, 6) is 0.751. The molecule has 0 aromatic heterocycles. The van der Waals surface area contributed by atoms with E-state index in [2.05, 4.69) is 11.8 Å². The molecule has 0 saturated carbocycles. The first-order valence-electron chi connectivity index (χ1n) is 2.72. The fourth-order valence-corrected chi connectivity index (χ4v) is 3.81. The second kappa shape index (κ2) is 7.56. The van der Waals surface area contributed by atoms with Crippen LogP contribution in [0.1, 0.15) is 13.8 Å². The molecule has 6 heteroatoms. The third kappa shape index (κ3) is 8.02. The van der Waals surface area contributed by atoms with E-state index in [1.807, 2.05) is 6.92 Å². The Balaban J connectivity index is 0. The fourth-order valence-electron chi connectivity index (χ4n) is 0.353. The Morgan fingerprint density at radius 2 is 2.10 bits per heavy atom. The minimum atomic E-state index is -2.69. The van der Waals surface area contributed by atoms with E-state index in [1.54, 1.807) is 6.92 Å². The predicted molar refractivity (Wildman–Crippen MR) is 44.0 cm³/mol. The monoisotopic (exact) mass is 208 g/mol. The summed E-state index contributed by atoms with van der Waals surface area (Å²) in [6.07, 6.45) is 0. The van der Waals surface area contributed by atoms with Gasteiger partial charge in [0.05, 0.1) is 0 Å². The topological polar surface area (TPSA) is 32.3 Å². The van der Waals surface area contributed by atoms with Crippen LogP contribution in [0.15, 0.2) is 0 Å². The van der Waals surface area contributed by atoms with Crippen molar-refractivity contribution >= 4 is 28.9 Å². The summed E-state index contributed by atoms with van der Waals surface area (Å²) < 4.78 is 4.80. The maximum Gasteiger partial charge on any atom is 1.00 e. The molecule has 0 heterocycles. The zero-order valence-corrected chi connectivity index (χ0v) is 11.0.